The maximum absolute atomic E-state index is 12.3. The van der Waals surface area contributed by atoms with Crippen molar-refractivity contribution in [2.75, 3.05) is 19.7 Å². The second kappa shape index (κ2) is 7.77. The average Bonchev–Trinajstić information content (AvgIpc) is 3.00. The van der Waals surface area contributed by atoms with Crippen molar-refractivity contribution in [3.8, 4) is 22.1 Å². The number of hydrogen-bond donors (Lipinski definition) is 2. The van der Waals surface area contributed by atoms with E-state index in [9.17, 15) is 9.90 Å². The molecule has 0 spiro atoms. The van der Waals surface area contributed by atoms with Gasteiger partial charge in [0.1, 0.15) is 11.6 Å². The van der Waals surface area contributed by atoms with Crippen LogP contribution in [-0.2, 0) is 11.3 Å². The van der Waals surface area contributed by atoms with Gasteiger partial charge in [0, 0.05) is 30.8 Å². The minimum Gasteiger partial charge on any atom is -0.504 e. The zero-order chi connectivity index (χ0) is 19.7. The molecule has 0 saturated carbocycles. The molecule has 0 fully saturated rings. The van der Waals surface area contributed by atoms with Crippen molar-refractivity contribution >= 4 is 27.5 Å². The smallest absolute Gasteiger partial charge is 0.237 e. The highest BCUT2D eigenvalue weighted by Gasteiger charge is 2.26. The van der Waals surface area contributed by atoms with Crippen LogP contribution in [0.15, 0.2) is 36.4 Å². The van der Waals surface area contributed by atoms with Crippen LogP contribution in [0.5, 0.6) is 11.5 Å². The Morgan fingerprint density at radius 1 is 1.39 bits per heavy atom. The normalized spacial score (nSPS) is 15.5. The summed E-state index contributed by atoms with van der Waals surface area (Å²) in [6.45, 7) is 5.97. The molecule has 28 heavy (non-hydrogen) atoms. The lowest BCUT2D eigenvalue weighted by Gasteiger charge is -2.26. The van der Waals surface area contributed by atoms with Gasteiger partial charge in [0.15, 0.2) is 11.5 Å². The molecule has 1 amide bonds. The molecule has 7 heteroatoms. The summed E-state index contributed by atoms with van der Waals surface area (Å²) in [5, 5.41) is 14.3. The van der Waals surface area contributed by atoms with Crippen molar-refractivity contribution < 1.29 is 14.6 Å². The van der Waals surface area contributed by atoms with E-state index in [-0.39, 0.29) is 17.7 Å². The molecule has 2 aromatic carbocycles. The van der Waals surface area contributed by atoms with Gasteiger partial charge in [0.2, 0.25) is 5.91 Å². The minimum absolute atomic E-state index is 0.00232. The van der Waals surface area contributed by atoms with Crippen LogP contribution in [0, 0.1) is 0 Å². The molecular formula is C21H23N3O3S. The number of thiazole rings is 1. The fraction of sp³-hybridized carbons (Fsp3) is 0.333. The summed E-state index contributed by atoms with van der Waals surface area (Å²) in [5.41, 5.74) is 2.66. The number of para-hydroxylation sites is 1. The van der Waals surface area contributed by atoms with Crippen molar-refractivity contribution in [1.82, 2.24) is 15.2 Å². The topological polar surface area (TPSA) is 74.7 Å². The van der Waals surface area contributed by atoms with Crippen LogP contribution < -0.4 is 10.1 Å². The third-order valence-corrected chi connectivity index (χ3v) is 6.05. The van der Waals surface area contributed by atoms with Crippen LogP contribution >= 0.6 is 11.3 Å². The SMILES string of the molecule is CCNC(=O)[C@H](C)N1CCOc2c(O)cc(-c3nc4ccccc4s3)cc2C1. The molecule has 4 rings (SSSR count). The van der Waals surface area contributed by atoms with Crippen LogP contribution in [0.1, 0.15) is 19.4 Å². The number of aromatic hydroxyl groups is 1. The average molecular weight is 398 g/mol. The molecule has 1 atom stereocenters. The summed E-state index contributed by atoms with van der Waals surface area (Å²) < 4.78 is 6.91. The van der Waals surface area contributed by atoms with Crippen molar-refractivity contribution in [2.45, 2.75) is 26.4 Å². The summed E-state index contributed by atoms with van der Waals surface area (Å²) in [5.74, 6) is 0.604. The Balaban J connectivity index is 1.68. The Morgan fingerprint density at radius 3 is 3.00 bits per heavy atom. The molecule has 1 aliphatic rings. The fourth-order valence-corrected chi connectivity index (χ4v) is 4.41. The van der Waals surface area contributed by atoms with Crippen molar-refractivity contribution in [2.24, 2.45) is 0 Å². The second-order valence-electron chi connectivity index (χ2n) is 6.86. The van der Waals surface area contributed by atoms with Gasteiger partial charge >= 0.3 is 0 Å². The van der Waals surface area contributed by atoms with Gasteiger partial charge in [-0.05, 0) is 38.1 Å². The molecule has 1 aromatic heterocycles. The number of phenolic OH excluding ortho intramolecular Hbond substituents is 1. The molecule has 6 nitrogen and oxygen atoms in total. The number of hydrogen-bond acceptors (Lipinski definition) is 6. The summed E-state index contributed by atoms with van der Waals surface area (Å²) in [4.78, 5) is 19.0. The highest BCUT2D eigenvalue weighted by atomic mass is 32.1. The number of ether oxygens (including phenoxy) is 1. The van der Waals surface area contributed by atoms with E-state index in [2.05, 4.69) is 10.2 Å². The van der Waals surface area contributed by atoms with Crippen LogP contribution in [-0.4, -0.2) is 46.6 Å². The minimum atomic E-state index is -0.275. The summed E-state index contributed by atoms with van der Waals surface area (Å²) >= 11 is 1.59. The first-order chi connectivity index (χ1) is 13.6. The Hall–Kier alpha value is -2.64. The summed E-state index contributed by atoms with van der Waals surface area (Å²) in [6.07, 6.45) is 0. The molecule has 1 aliphatic heterocycles. The number of carbonyl (C=O) groups excluding carboxylic acids is 1. The van der Waals surface area contributed by atoms with Crippen LogP contribution in [0.2, 0.25) is 0 Å². The van der Waals surface area contributed by atoms with Crippen LogP contribution in [0.25, 0.3) is 20.8 Å². The predicted molar refractivity (Wildman–Crippen MR) is 111 cm³/mol. The van der Waals surface area contributed by atoms with Gasteiger partial charge in [-0.1, -0.05) is 12.1 Å². The van der Waals surface area contributed by atoms with Crippen LogP contribution in [0.4, 0.5) is 0 Å². The Labute approximate surface area is 167 Å². The molecule has 3 aromatic rings. The Bertz CT molecular complexity index is 984. The Morgan fingerprint density at radius 2 is 2.21 bits per heavy atom. The fourth-order valence-electron chi connectivity index (χ4n) is 3.46. The van der Waals surface area contributed by atoms with Gasteiger partial charge in [-0.2, -0.15) is 0 Å². The maximum Gasteiger partial charge on any atom is 0.237 e. The number of likely N-dealkylation sites (N-methyl/N-ethyl adjacent to an activating group) is 1. The number of nitrogens with one attached hydrogen (secondary N) is 1. The number of rotatable bonds is 4. The van der Waals surface area contributed by atoms with E-state index < -0.39 is 0 Å². The predicted octanol–water partition coefficient (Wildman–Crippen LogP) is 3.39. The molecule has 2 heterocycles. The van der Waals surface area contributed by atoms with Crippen molar-refractivity contribution in [3.05, 3.63) is 42.0 Å². The van der Waals surface area contributed by atoms with Gasteiger partial charge in [0.05, 0.1) is 16.3 Å². The molecule has 0 saturated heterocycles. The highest BCUT2D eigenvalue weighted by Crippen LogP contribution is 2.39. The first-order valence-corrected chi connectivity index (χ1v) is 10.2. The van der Waals surface area contributed by atoms with Crippen LogP contribution in [0.3, 0.4) is 0 Å². The molecule has 0 aliphatic carbocycles. The maximum atomic E-state index is 12.3. The number of fused-ring (bicyclic) bond motifs is 2. The first kappa shape index (κ1) is 18.7. The number of carbonyl (C=O) groups is 1. The number of benzene rings is 2. The lowest BCUT2D eigenvalue weighted by Crippen LogP contribution is -2.45. The molecule has 2 N–H and O–H groups in total. The molecule has 0 radical (unpaired) electrons. The van der Waals surface area contributed by atoms with E-state index in [1.807, 2.05) is 44.2 Å². The van der Waals surface area contributed by atoms with Crippen molar-refractivity contribution in [3.63, 3.8) is 0 Å². The first-order valence-electron chi connectivity index (χ1n) is 9.43. The number of phenols is 1. The molecule has 0 unspecified atom stereocenters. The zero-order valence-electron chi connectivity index (χ0n) is 15.9. The van der Waals surface area contributed by atoms with Gasteiger partial charge in [-0.3, -0.25) is 9.69 Å². The molecular weight excluding hydrogens is 374 g/mol. The molecule has 0 bridgehead atoms. The third kappa shape index (κ3) is 3.55. The highest BCUT2D eigenvalue weighted by molar-refractivity contribution is 7.21. The quantitative estimate of drug-likeness (QED) is 0.706. The lowest BCUT2D eigenvalue weighted by molar-refractivity contribution is -0.126. The lowest BCUT2D eigenvalue weighted by atomic mass is 10.1. The van der Waals surface area contributed by atoms with Gasteiger partial charge in [-0.25, -0.2) is 4.98 Å². The number of nitrogens with zero attached hydrogens (tertiary/aromatic N) is 2. The number of aromatic nitrogens is 1. The zero-order valence-corrected chi connectivity index (χ0v) is 16.8. The van der Waals surface area contributed by atoms with E-state index in [0.29, 0.717) is 32.0 Å². The monoisotopic (exact) mass is 397 g/mol. The summed E-state index contributed by atoms with van der Waals surface area (Å²) in [6, 6.07) is 11.4. The van der Waals surface area contributed by atoms with E-state index >= 15 is 0 Å². The largest absolute Gasteiger partial charge is 0.504 e. The third-order valence-electron chi connectivity index (χ3n) is 4.96. The van der Waals surface area contributed by atoms with E-state index in [1.54, 1.807) is 17.4 Å². The van der Waals surface area contributed by atoms with E-state index in [1.165, 1.54) is 0 Å². The molecule has 146 valence electrons. The van der Waals surface area contributed by atoms with Crippen molar-refractivity contribution in [1.29, 1.82) is 0 Å². The summed E-state index contributed by atoms with van der Waals surface area (Å²) in [7, 11) is 0. The van der Waals surface area contributed by atoms with E-state index in [0.717, 1.165) is 26.4 Å². The second-order valence-corrected chi connectivity index (χ2v) is 7.89. The number of amides is 1. The Kier molecular flexibility index (Phi) is 5.19. The van der Waals surface area contributed by atoms with Gasteiger partial charge in [-0.15, -0.1) is 11.3 Å². The van der Waals surface area contributed by atoms with Gasteiger partial charge in [0.25, 0.3) is 0 Å². The van der Waals surface area contributed by atoms with Gasteiger partial charge < -0.3 is 15.2 Å². The standard InChI is InChI=1S/C21H23N3O3S/c1-3-22-20(26)13(2)24-8-9-27-19-15(12-24)10-14(11-17(19)25)21-23-16-6-4-5-7-18(16)28-21/h4-7,10-11,13,25H,3,8-9,12H2,1-2H3,(H,22,26)/t13-/m0/s1. The van der Waals surface area contributed by atoms with E-state index in [4.69, 9.17) is 9.72 Å².